The van der Waals surface area contributed by atoms with Crippen molar-refractivity contribution in [2.75, 3.05) is 12.3 Å². The number of benzene rings is 1. The maximum Gasteiger partial charge on any atom is 0.140 e. The van der Waals surface area contributed by atoms with Crippen molar-refractivity contribution in [1.82, 2.24) is 5.32 Å². The second-order valence-corrected chi connectivity index (χ2v) is 6.57. The highest BCUT2D eigenvalue weighted by molar-refractivity contribution is 7.99. The molecule has 1 aromatic carbocycles. The number of hydrogen-bond acceptors (Lipinski definition) is 2. The Bertz CT molecular complexity index is 384. The molecule has 0 spiro atoms. The van der Waals surface area contributed by atoms with Crippen LogP contribution in [0.4, 0.5) is 8.78 Å². The summed E-state index contributed by atoms with van der Waals surface area (Å²) >= 11 is 1.28. The fourth-order valence-corrected chi connectivity index (χ4v) is 2.83. The first-order chi connectivity index (χ1) is 9.54. The summed E-state index contributed by atoms with van der Waals surface area (Å²) in [5.41, 5.74) is 0.665. The number of halogens is 2. The van der Waals surface area contributed by atoms with Crippen LogP contribution in [0.5, 0.6) is 0 Å². The van der Waals surface area contributed by atoms with Crippen LogP contribution in [0.2, 0.25) is 0 Å². The summed E-state index contributed by atoms with van der Waals surface area (Å²) in [4.78, 5) is 0.161. The molecule has 1 aromatic rings. The third-order valence-electron chi connectivity index (χ3n) is 2.93. The second-order valence-electron chi connectivity index (χ2n) is 5.47. The van der Waals surface area contributed by atoms with Gasteiger partial charge < -0.3 is 5.32 Å². The molecule has 0 atom stereocenters. The average molecular weight is 301 g/mol. The highest BCUT2D eigenvalue weighted by Gasteiger charge is 2.11. The van der Waals surface area contributed by atoms with Crippen molar-refractivity contribution >= 4 is 11.8 Å². The molecule has 0 heterocycles. The topological polar surface area (TPSA) is 12.0 Å². The third kappa shape index (κ3) is 6.23. The molecule has 0 unspecified atom stereocenters. The van der Waals surface area contributed by atoms with Gasteiger partial charge in [-0.15, -0.1) is 11.8 Å². The van der Waals surface area contributed by atoms with Gasteiger partial charge in [0, 0.05) is 6.54 Å². The average Bonchev–Trinajstić information content (AvgIpc) is 2.36. The first-order valence-electron chi connectivity index (χ1n) is 7.36. The smallest absolute Gasteiger partial charge is 0.140 e. The van der Waals surface area contributed by atoms with Crippen molar-refractivity contribution in [1.29, 1.82) is 0 Å². The quantitative estimate of drug-likeness (QED) is 0.509. The minimum absolute atomic E-state index is 0.161. The molecule has 0 aliphatic rings. The Kier molecular flexibility index (Phi) is 8.15. The molecule has 0 fully saturated rings. The van der Waals surface area contributed by atoms with E-state index in [2.05, 4.69) is 26.1 Å². The van der Waals surface area contributed by atoms with Gasteiger partial charge in [0.05, 0.1) is 4.90 Å². The van der Waals surface area contributed by atoms with Crippen LogP contribution in [-0.2, 0) is 6.54 Å². The Hall–Kier alpha value is -0.610. The van der Waals surface area contributed by atoms with E-state index in [-0.39, 0.29) is 4.90 Å². The van der Waals surface area contributed by atoms with Gasteiger partial charge in [0.1, 0.15) is 11.6 Å². The molecule has 0 aliphatic carbocycles. The van der Waals surface area contributed by atoms with E-state index in [0.29, 0.717) is 18.0 Å². The van der Waals surface area contributed by atoms with Crippen LogP contribution in [0.3, 0.4) is 0 Å². The SMILES string of the molecule is CCCCCSc1c(F)cc(CNCC(C)C)cc1F. The van der Waals surface area contributed by atoms with Gasteiger partial charge in [0.15, 0.2) is 0 Å². The number of nitrogens with one attached hydrogen (secondary N) is 1. The summed E-state index contributed by atoms with van der Waals surface area (Å²) in [5, 5.41) is 3.19. The molecular formula is C16H25F2NS. The fourth-order valence-electron chi connectivity index (χ4n) is 1.88. The van der Waals surface area contributed by atoms with Crippen LogP contribution in [0, 0.1) is 17.6 Å². The van der Waals surface area contributed by atoms with Crippen molar-refractivity contribution in [2.45, 2.75) is 51.5 Å². The van der Waals surface area contributed by atoms with Gasteiger partial charge in [-0.05, 0) is 42.3 Å². The molecule has 0 radical (unpaired) electrons. The van der Waals surface area contributed by atoms with E-state index < -0.39 is 11.6 Å². The van der Waals surface area contributed by atoms with Gasteiger partial charge in [-0.2, -0.15) is 0 Å². The largest absolute Gasteiger partial charge is 0.312 e. The second kappa shape index (κ2) is 9.35. The van der Waals surface area contributed by atoms with Crippen molar-refractivity contribution in [3.63, 3.8) is 0 Å². The van der Waals surface area contributed by atoms with E-state index in [1.165, 1.54) is 23.9 Å². The fraction of sp³-hybridized carbons (Fsp3) is 0.625. The van der Waals surface area contributed by atoms with Crippen LogP contribution in [0.1, 0.15) is 45.6 Å². The highest BCUT2D eigenvalue weighted by Crippen LogP contribution is 2.27. The van der Waals surface area contributed by atoms with E-state index in [0.717, 1.165) is 31.6 Å². The van der Waals surface area contributed by atoms with Crippen LogP contribution in [0.25, 0.3) is 0 Å². The first-order valence-corrected chi connectivity index (χ1v) is 8.34. The van der Waals surface area contributed by atoms with Gasteiger partial charge in [-0.3, -0.25) is 0 Å². The zero-order valence-corrected chi connectivity index (χ0v) is 13.5. The Labute approximate surface area is 125 Å². The van der Waals surface area contributed by atoms with Crippen LogP contribution in [-0.4, -0.2) is 12.3 Å². The molecule has 1 rings (SSSR count). The summed E-state index contributed by atoms with van der Waals surface area (Å²) in [6, 6.07) is 2.89. The Morgan fingerprint density at radius 2 is 1.80 bits per heavy atom. The number of thioether (sulfide) groups is 1. The zero-order chi connectivity index (χ0) is 15.0. The Balaban J connectivity index is 2.56. The van der Waals surface area contributed by atoms with Gasteiger partial charge in [0.25, 0.3) is 0 Å². The van der Waals surface area contributed by atoms with Gasteiger partial charge in [0.2, 0.25) is 0 Å². The molecule has 0 aromatic heterocycles. The third-order valence-corrected chi connectivity index (χ3v) is 4.11. The maximum atomic E-state index is 13.9. The molecule has 0 bridgehead atoms. The van der Waals surface area contributed by atoms with Gasteiger partial charge >= 0.3 is 0 Å². The predicted molar refractivity (Wildman–Crippen MR) is 83.2 cm³/mol. The summed E-state index contributed by atoms with van der Waals surface area (Å²) < 4.78 is 27.8. The first kappa shape index (κ1) is 17.4. The van der Waals surface area contributed by atoms with Crippen molar-refractivity contribution < 1.29 is 8.78 Å². The van der Waals surface area contributed by atoms with E-state index >= 15 is 0 Å². The molecule has 4 heteroatoms. The Morgan fingerprint density at radius 1 is 1.15 bits per heavy atom. The summed E-state index contributed by atoms with van der Waals surface area (Å²) in [5.74, 6) is 0.422. The number of unbranched alkanes of at least 4 members (excludes halogenated alkanes) is 2. The molecule has 20 heavy (non-hydrogen) atoms. The van der Waals surface area contributed by atoms with Crippen LogP contribution < -0.4 is 5.32 Å². The Morgan fingerprint density at radius 3 is 2.35 bits per heavy atom. The van der Waals surface area contributed by atoms with Crippen molar-refractivity contribution in [3.05, 3.63) is 29.3 Å². The minimum atomic E-state index is -0.437. The van der Waals surface area contributed by atoms with Crippen LogP contribution >= 0.6 is 11.8 Å². The zero-order valence-electron chi connectivity index (χ0n) is 12.6. The van der Waals surface area contributed by atoms with E-state index in [1.54, 1.807) is 0 Å². The standard InChI is InChI=1S/C16H25F2NS/c1-4-5-6-7-20-16-14(17)8-13(9-15(16)18)11-19-10-12(2)3/h8-9,12,19H,4-7,10-11H2,1-3H3. The lowest BCUT2D eigenvalue weighted by atomic mass is 10.2. The summed E-state index contributed by atoms with van der Waals surface area (Å²) in [6.07, 6.45) is 3.22. The molecule has 1 N–H and O–H groups in total. The summed E-state index contributed by atoms with van der Waals surface area (Å²) in [6.45, 7) is 7.67. The lowest BCUT2D eigenvalue weighted by molar-refractivity contribution is 0.525. The number of rotatable bonds is 9. The van der Waals surface area contributed by atoms with Gasteiger partial charge in [-0.25, -0.2) is 8.78 Å². The molecule has 0 saturated carbocycles. The van der Waals surface area contributed by atoms with Crippen molar-refractivity contribution in [2.24, 2.45) is 5.92 Å². The maximum absolute atomic E-state index is 13.9. The van der Waals surface area contributed by atoms with Crippen LogP contribution in [0.15, 0.2) is 17.0 Å². The monoisotopic (exact) mass is 301 g/mol. The predicted octanol–water partition coefficient (Wildman–Crippen LogP) is 4.99. The van der Waals surface area contributed by atoms with Crippen molar-refractivity contribution in [3.8, 4) is 0 Å². The molecule has 0 saturated heterocycles. The molecule has 0 aliphatic heterocycles. The molecule has 114 valence electrons. The van der Waals surface area contributed by atoms with E-state index in [9.17, 15) is 8.78 Å². The van der Waals surface area contributed by atoms with Gasteiger partial charge in [-0.1, -0.05) is 33.6 Å². The lowest BCUT2D eigenvalue weighted by Crippen LogP contribution is -2.19. The minimum Gasteiger partial charge on any atom is -0.312 e. The van der Waals surface area contributed by atoms with E-state index in [4.69, 9.17) is 0 Å². The van der Waals surface area contributed by atoms with E-state index in [1.807, 2.05) is 0 Å². The highest BCUT2D eigenvalue weighted by atomic mass is 32.2. The normalized spacial score (nSPS) is 11.3. The summed E-state index contributed by atoms with van der Waals surface area (Å²) in [7, 11) is 0. The lowest BCUT2D eigenvalue weighted by Gasteiger charge is -2.10. The molecular weight excluding hydrogens is 276 g/mol. The number of hydrogen-bond donors (Lipinski definition) is 1. The molecule has 0 amide bonds. The molecule has 1 nitrogen and oxygen atoms in total.